The minimum Gasteiger partial charge on any atom is -0.473 e. The molecule has 4 rings (SSSR count). The van der Waals surface area contributed by atoms with Crippen LogP contribution in [0.4, 0.5) is 17.4 Å². The lowest BCUT2D eigenvalue weighted by Crippen LogP contribution is -2.28. The molecule has 1 aliphatic rings. The SMILES string of the molecule is COC(=O)[C@H]1CC[C@@H](Oc2ncc(NC(=O)c3nnc(Nc4ccc(Cl)cc4Cl)o3)cc2Cl)CC1. The molecule has 1 fully saturated rings. The van der Waals surface area contributed by atoms with Crippen LogP contribution in [-0.4, -0.2) is 40.3 Å². The molecule has 1 aliphatic carbocycles. The fraction of sp³-hybridized carbons (Fsp3) is 0.318. The van der Waals surface area contributed by atoms with Gasteiger partial charge >= 0.3 is 23.8 Å². The lowest BCUT2D eigenvalue weighted by Gasteiger charge is -2.27. The molecule has 2 N–H and O–H groups in total. The zero-order valence-corrected chi connectivity index (χ0v) is 20.7. The molecule has 2 aromatic heterocycles. The van der Waals surface area contributed by atoms with E-state index in [1.54, 1.807) is 18.2 Å². The van der Waals surface area contributed by atoms with Crippen LogP contribution in [0, 0.1) is 5.92 Å². The standard InChI is InChI=1S/C22H20Cl3N5O5/c1-33-21(32)11-2-5-14(6-3-11)34-19-16(25)9-13(10-26-19)27-18(31)20-29-30-22(35-20)28-17-7-4-12(23)8-15(17)24/h4,7-11,14H,2-3,5-6H2,1H3,(H,27,31)(H,28,30)/t11-,14+. The Labute approximate surface area is 215 Å². The average molecular weight is 541 g/mol. The molecule has 13 heteroatoms. The Bertz CT molecular complexity index is 1230. The summed E-state index contributed by atoms with van der Waals surface area (Å²) in [6.07, 6.45) is 4.01. The first kappa shape index (κ1) is 25.0. The first-order chi connectivity index (χ1) is 16.8. The van der Waals surface area contributed by atoms with Crippen molar-refractivity contribution in [3.05, 3.63) is 51.4 Å². The zero-order chi connectivity index (χ0) is 24.9. The van der Waals surface area contributed by atoms with Crippen molar-refractivity contribution in [2.75, 3.05) is 17.7 Å². The van der Waals surface area contributed by atoms with Crippen LogP contribution in [-0.2, 0) is 9.53 Å². The molecule has 10 nitrogen and oxygen atoms in total. The van der Waals surface area contributed by atoms with E-state index in [1.807, 2.05) is 0 Å². The second kappa shape index (κ2) is 11.1. The van der Waals surface area contributed by atoms with Crippen molar-refractivity contribution in [2.45, 2.75) is 31.8 Å². The average Bonchev–Trinajstić information content (AvgIpc) is 3.31. The number of carbonyl (C=O) groups is 2. The van der Waals surface area contributed by atoms with Gasteiger partial charge in [-0.05, 0) is 49.9 Å². The molecule has 0 spiro atoms. The first-order valence-electron chi connectivity index (χ1n) is 10.6. The van der Waals surface area contributed by atoms with Crippen LogP contribution in [0.15, 0.2) is 34.9 Å². The molecule has 0 radical (unpaired) electrons. The quantitative estimate of drug-likeness (QED) is 0.372. The summed E-state index contributed by atoms with van der Waals surface area (Å²) in [6.45, 7) is 0. The fourth-order valence-corrected chi connectivity index (χ4v) is 4.24. The summed E-state index contributed by atoms with van der Waals surface area (Å²) >= 11 is 18.3. The summed E-state index contributed by atoms with van der Waals surface area (Å²) in [4.78, 5) is 28.4. The summed E-state index contributed by atoms with van der Waals surface area (Å²) in [7, 11) is 1.39. The monoisotopic (exact) mass is 539 g/mol. The van der Waals surface area contributed by atoms with Gasteiger partial charge in [0.05, 0.1) is 35.6 Å². The molecule has 0 unspecified atom stereocenters. The van der Waals surface area contributed by atoms with E-state index in [0.717, 1.165) is 0 Å². The van der Waals surface area contributed by atoms with E-state index in [-0.39, 0.29) is 40.8 Å². The second-order valence-corrected chi connectivity index (χ2v) is 8.99. The first-order valence-corrected chi connectivity index (χ1v) is 11.7. The van der Waals surface area contributed by atoms with E-state index >= 15 is 0 Å². The van der Waals surface area contributed by atoms with Gasteiger partial charge in [-0.15, -0.1) is 5.10 Å². The molecule has 35 heavy (non-hydrogen) atoms. The van der Waals surface area contributed by atoms with E-state index in [4.69, 9.17) is 48.7 Å². The maximum absolute atomic E-state index is 12.5. The van der Waals surface area contributed by atoms with Gasteiger partial charge in [0.2, 0.25) is 5.88 Å². The third kappa shape index (κ3) is 6.33. The highest BCUT2D eigenvalue weighted by Crippen LogP contribution is 2.32. The summed E-state index contributed by atoms with van der Waals surface area (Å²) in [5.74, 6) is -0.991. The van der Waals surface area contributed by atoms with Crippen LogP contribution in [0.3, 0.4) is 0 Å². The fourth-order valence-electron chi connectivity index (χ4n) is 3.58. The van der Waals surface area contributed by atoms with Crippen LogP contribution in [0.5, 0.6) is 5.88 Å². The number of hydrogen-bond donors (Lipinski definition) is 2. The normalized spacial score (nSPS) is 17.5. The summed E-state index contributed by atoms with van der Waals surface area (Å²) in [6, 6.07) is 6.30. The summed E-state index contributed by atoms with van der Waals surface area (Å²) < 4.78 is 16.0. The number of methoxy groups -OCH3 is 1. The van der Waals surface area contributed by atoms with Crippen molar-refractivity contribution >= 4 is 64.1 Å². The van der Waals surface area contributed by atoms with Crippen molar-refractivity contribution in [1.29, 1.82) is 0 Å². The van der Waals surface area contributed by atoms with Crippen molar-refractivity contribution < 1.29 is 23.5 Å². The van der Waals surface area contributed by atoms with Crippen LogP contribution in [0.2, 0.25) is 15.1 Å². The van der Waals surface area contributed by atoms with Gasteiger partial charge in [0.25, 0.3) is 0 Å². The highest BCUT2D eigenvalue weighted by atomic mass is 35.5. The highest BCUT2D eigenvalue weighted by Gasteiger charge is 2.28. The third-order valence-corrected chi connectivity index (χ3v) is 6.16. The van der Waals surface area contributed by atoms with Crippen LogP contribution in [0.25, 0.3) is 0 Å². The van der Waals surface area contributed by atoms with Crippen LogP contribution < -0.4 is 15.4 Å². The van der Waals surface area contributed by atoms with Gasteiger partial charge in [-0.2, -0.15) is 0 Å². The van der Waals surface area contributed by atoms with Crippen molar-refractivity contribution in [1.82, 2.24) is 15.2 Å². The van der Waals surface area contributed by atoms with Gasteiger partial charge in [-0.1, -0.05) is 39.9 Å². The molecule has 184 valence electrons. The van der Waals surface area contributed by atoms with Gasteiger partial charge in [0.1, 0.15) is 11.1 Å². The van der Waals surface area contributed by atoms with Gasteiger partial charge in [0.15, 0.2) is 0 Å². The Morgan fingerprint density at radius 1 is 1.06 bits per heavy atom. The predicted octanol–water partition coefficient (Wildman–Crippen LogP) is 5.53. The zero-order valence-electron chi connectivity index (χ0n) is 18.4. The number of ether oxygens (including phenoxy) is 2. The van der Waals surface area contributed by atoms with E-state index in [9.17, 15) is 9.59 Å². The predicted molar refractivity (Wildman–Crippen MR) is 130 cm³/mol. The van der Waals surface area contributed by atoms with E-state index in [1.165, 1.54) is 19.4 Å². The number of nitrogens with zero attached hydrogens (tertiary/aromatic N) is 3. The topological polar surface area (TPSA) is 128 Å². The Balaban J connectivity index is 1.33. The molecular formula is C22H20Cl3N5O5. The van der Waals surface area contributed by atoms with E-state index in [0.29, 0.717) is 47.1 Å². The molecule has 0 atom stereocenters. The van der Waals surface area contributed by atoms with Crippen molar-refractivity contribution in [3.63, 3.8) is 0 Å². The molecule has 0 bridgehead atoms. The summed E-state index contributed by atoms with van der Waals surface area (Å²) in [5, 5.41) is 14.0. The lowest BCUT2D eigenvalue weighted by atomic mass is 9.87. The molecule has 0 aliphatic heterocycles. The number of anilines is 3. The number of nitrogens with one attached hydrogen (secondary N) is 2. The van der Waals surface area contributed by atoms with Gasteiger partial charge in [-0.25, -0.2) is 4.98 Å². The Kier molecular flexibility index (Phi) is 7.94. The molecule has 2 heterocycles. The van der Waals surface area contributed by atoms with E-state index in [2.05, 4.69) is 25.8 Å². The minimum atomic E-state index is -0.652. The molecule has 0 saturated heterocycles. The Hall–Kier alpha value is -3.08. The molecule has 1 aromatic carbocycles. The number of carbonyl (C=O) groups excluding carboxylic acids is 2. The second-order valence-electron chi connectivity index (χ2n) is 7.74. The van der Waals surface area contributed by atoms with Crippen LogP contribution >= 0.6 is 34.8 Å². The summed E-state index contributed by atoms with van der Waals surface area (Å²) in [5.41, 5.74) is 0.798. The third-order valence-electron chi connectivity index (χ3n) is 5.34. The number of aromatic nitrogens is 3. The van der Waals surface area contributed by atoms with Crippen molar-refractivity contribution in [2.24, 2.45) is 5.92 Å². The number of rotatable bonds is 7. The largest absolute Gasteiger partial charge is 0.473 e. The van der Waals surface area contributed by atoms with Gasteiger partial charge in [0, 0.05) is 5.02 Å². The smallest absolute Gasteiger partial charge is 0.320 e. The van der Waals surface area contributed by atoms with Gasteiger partial charge in [-0.3, -0.25) is 9.59 Å². The minimum absolute atomic E-state index is 0.0267. The Morgan fingerprint density at radius 2 is 1.83 bits per heavy atom. The number of hydrogen-bond acceptors (Lipinski definition) is 9. The Morgan fingerprint density at radius 3 is 2.51 bits per heavy atom. The van der Waals surface area contributed by atoms with Gasteiger partial charge < -0.3 is 24.5 Å². The molecule has 1 saturated carbocycles. The van der Waals surface area contributed by atoms with Crippen LogP contribution in [0.1, 0.15) is 36.4 Å². The number of halogens is 3. The number of pyridine rings is 1. The maximum atomic E-state index is 12.5. The molecular weight excluding hydrogens is 521 g/mol. The number of esters is 1. The van der Waals surface area contributed by atoms with Crippen molar-refractivity contribution in [3.8, 4) is 5.88 Å². The van der Waals surface area contributed by atoms with E-state index < -0.39 is 5.91 Å². The lowest BCUT2D eigenvalue weighted by molar-refractivity contribution is -0.147. The molecule has 1 amide bonds. The number of benzene rings is 1. The maximum Gasteiger partial charge on any atom is 0.320 e. The highest BCUT2D eigenvalue weighted by molar-refractivity contribution is 6.36. The number of amides is 1. The molecule has 3 aromatic rings.